The van der Waals surface area contributed by atoms with Crippen LogP contribution >= 0.6 is 34.9 Å². The van der Waals surface area contributed by atoms with Gasteiger partial charge in [0.25, 0.3) is 5.91 Å². The van der Waals surface area contributed by atoms with Gasteiger partial charge in [-0.2, -0.15) is 9.36 Å². The Hall–Kier alpha value is -1.31. The molecule has 1 aromatic carbocycles. The predicted octanol–water partition coefficient (Wildman–Crippen LogP) is 3.71. The molecule has 2 rings (SSSR count). The van der Waals surface area contributed by atoms with Gasteiger partial charge in [-0.1, -0.05) is 30.3 Å². The van der Waals surface area contributed by atoms with Crippen LogP contribution in [0.25, 0.3) is 0 Å². The van der Waals surface area contributed by atoms with Gasteiger partial charge in [0.2, 0.25) is 10.3 Å². The van der Waals surface area contributed by atoms with E-state index in [1.54, 1.807) is 36.0 Å². The SMILES string of the molecule is CCCSc1nsc(NC(=O)COc2ccc(Cl)cc2)n1. The van der Waals surface area contributed by atoms with Crippen molar-refractivity contribution in [2.24, 2.45) is 0 Å². The van der Waals surface area contributed by atoms with Crippen molar-refractivity contribution in [3.05, 3.63) is 29.3 Å². The third-order valence-electron chi connectivity index (χ3n) is 2.27. The third kappa shape index (κ3) is 5.53. The van der Waals surface area contributed by atoms with E-state index in [1.165, 1.54) is 11.5 Å². The normalized spacial score (nSPS) is 10.4. The Kier molecular flexibility index (Phi) is 6.28. The highest BCUT2D eigenvalue weighted by atomic mass is 35.5. The number of benzene rings is 1. The minimum Gasteiger partial charge on any atom is -0.484 e. The Morgan fingerprint density at radius 3 is 2.90 bits per heavy atom. The van der Waals surface area contributed by atoms with Crippen LogP contribution < -0.4 is 10.1 Å². The lowest BCUT2D eigenvalue weighted by Crippen LogP contribution is -2.20. The molecule has 0 aliphatic carbocycles. The number of ether oxygens (including phenoxy) is 1. The van der Waals surface area contributed by atoms with E-state index in [0.29, 0.717) is 21.1 Å². The molecule has 0 aliphatic heterocycles. The number of nitrogens with zero attached hydrogens (tertiary/aromatic N) is 2. The van der Waals surface area contributed by atoms with Crippen molar-refractivity contribution >= 4 is 45.9 Å². The number of hydrogen-bond acceptors (Lipinski definition) is 6. The van der Waals surface area contributed by atoms with Crippen molar-refractivity contribution in [2.75, 3.05) is 17.7 Å². The van der Waals surface area contributed by atoms with Crippen LogP contribution in [0.1, 0.15) is 13.3 Å². The lowest BCUT2D eigenvalue weighted by atomic mass is 10.3. The summed E-state index contributed by atoms with van der Waals surface area (Å²) in [5.41, 5.74) is 0. The molecule has 0 saturated carbocycles. The van der Waals surface area contributed by atoms with Gasteiger partial charge in [0.05, 0.1) is 0 Å². The number of thioether (sulfide) groups is 1. The molecular weight excluding hydrogens is 330 g/mol. The van der Waals surface area contributed by atoms with Crippen LogP contribution in [0.4, 0.5) is 5.13 Å². The number of carbonyl (C=O) groups is 1. The number of anilines is 1. The van der Waals surface area contributed by atoms with Gasteiger partial charge in [-0.05, 0) is 30.7 Å². The number of aromatic nitrogens is 2. The second kappa shape index (κ2) is 8.21. The second-order valence-electron chi connectivity index (χ2n) is 4.02. The average Bonchev–Trinajstić information content (AvgIpc) is 2.92. The van der Waals surface area contributed by atoms with Gasteiger partial charge < -0.3 is 4.74 Å². The summed E-state index contributed by atoms with van der Waals surface area (Å²) >= 11 is 8.51. The number of hydrogen-bond donors (Lipinski definition) is 1. The van der Waals surface area contributed by atoms with Crippen molar-refractivity contribution in [3.8, 4) is 5.75 Å². The molecular formula is C13H14ClN3O2S2. The second-order valence-corrected chi connectivity index (χ2v) is 6.27. The molecule has 1 aromatic heterocycles. The monoisotopic (exact) mass is 343 g/mol. The third-order valence-corrected chi connectivity index (χ3v) is 4.32. The smallest absolute Gasteiger partial charge is 0.264 e. The molecule has 0 radical (unpaired) electrons. The highest BCUT2D eigenvalue weighted by Crippen LogP contribution is 2.20. The molecule has 21 heavy (non-hydrogen) atoms. The lowest BCUT2D eigenvalue weighted by Gasteiger charge is -2.05. The van der Waals surface area contributed by atoms with E-state index in [0.717, 1.165) is 12.2 Å². The lowest BCUT2D eigenvalue weighted by molar-refractivity contribution is -0.118. The molecule has 0 atom stereocenters. The van der Waals surface area contributed by atoms with Gasteiger partial charge in [0.1, 0.15) is 5.75 Å². The van der Waals surface area contributed by atoms with Crippen LogP contribution in [0.15, 0.2) is 29.4 Å². The number of rotatable bonds is 7. The van der Waals surface area contributed by atoms with E-state index in [2.05, 4.69) is 21.6 Å². The van der Waals surface area contributed by atoms with Crippen LogP contribution in [-0.4, -0.2) is 27.6 Å². The number of amides is 1. The minimum absolute atomic E-state index is 0.0847. The Labute approximate surface area is 136 Å². The highest BCUT2D eigenvalue weighted by Gasteiger charge is 2.09. The van der Waals surface area contributed by atoms with Crippen LogP contribution in [0.2, 0.25) is 5.02 Å². The fraction of sp³-hybridized carbons (Fsp3) is 0.308. The number of carbonyl (C=O) groups excluding carboxylic acids is 1. The summed E-state index contributed by atoms with van der Waals surface area (Å²) in [6.07, 6.45) is 1.06. The van der Waals surface area contributed by atoms with Crippen molar-refractivity contribution in [3.63, 3.8) is 0 Å². The van der Waals surface area contributed by atoms with E-state index in [9.17, 15) is 4.79 Å². The highest BCUT2D eigenvalue weighted by molar-refractivity contribution is 7.99. The van der Waals surface area contributed by atoms with Crippen molar-refractivity contribution in [1.29, 1.82) is 0 Å². The summed E-state index contributed by atoms with van der Waals surface area (Å²) in [6.45, 7) is 2.01. The molecule has 5 nitrogen and oxygen atoms in total. The standard InChI is InChI=1S/C13H14ClN3O2S2/c1-2-7-20-13-16-12(21-17-13)15-11(18)8-19-10-5-3-9(14)4-6-10/h3-6H,2,7-8H2,1H3,(H,15,16,17,18). The van der Waals surface area contributed by atoms with Crippen LogP contribution in [0, 0.1) is 0 Å². The van der Waals surface area contributed by atoms with Crippen LogP contribution in [0.5, 0.6) is 5.75 Å². The largest absolute Gasteiger partial charge is 0.484 e. The van der Waals surface area contributed by atoms with E-state index >= 15 is 0 Å². The van der Waals surface area contributed by atoms with Crippen LogP contribution in [0.3, 0.4) is 0 Å². The van der Waals surface area contributed by atoms with E-state index in [1.807, 2.05) is 0 Å². The van der Waals surface area contributed by atoms with Gasteiger partial charge in [-0.15, -0.1) is 0 Å². The molecule has 0 fully saturated rings. The molecule has 0 spiro atoms. The molecule has 2 aromatic rings. The van der Waals surface area contributed by atoms with Gasteiger partial charge in [0.15, 0.2) is 6.61 Å². The Balaban J connectivity index is 1.78. The topological polar surface area (TPSA) is 64.1 Å². The molecule has 1 amide bonds. The molecule has 112 valence electrons. The summed E-state index contributed by atoms with van der Waals surface area (Å²) in [5, 5.41) is 4.46. The Morgan fingerprint density at radius 1 is 1.43 bits per heavy atom. The van der Waals surface area contributed by atoms with Crippen LogP contribution in [-0.2, 0) is 4.79 Å². The molecule has 0 aliphatic rings. The maximum atomic E-state index is 11.7. The number of halogens is 1. The Bertz CT molecular complexity index is 589. The Morgan fingerprint density at radius 2 is 2.19 bits per heavy atom. The molecule has 1 N–H and O–H groups in total. The van der Waals surface area contributed by atoms with E-state index in [-0.39, 0.29) is 12.5 Å². The van der Waals surface area contributed by atoms with Gasteiger partial charge in [-0.25, -0.2) is 0 Å². The maximum absolute atomic E-state index is 11.7. The summed E-state index contributed by atoms with van der Waals surface area (Å²) in [5.74, 6) is 1.28. The minimum atomic E-state index is -0.270. The molecule has 0 saturated heterocycles. The predicted molar refractivity (Wildman–Crippen MR) is 86.5 cm³/mol. The van der Waals surface area contributed by atoms with E-state index in [4.69, 9.17) is 16.3 Å². The summed E-state index contributed by atoms with van der Waals surface area (Å²) in [7, 11) is 0. The average molecular weight is 344 g/mol. The molecule has 0 bridgehead atoms. The fourth-order valence-electron chi connectivity index (χ4n) is 1.35. The first-order chi connectivity index (χ1) is 10.2. The van der Waals surface area contributed by atoms with Crippen molar-refractivity contribution < 1.29 is 9.53 Å². The first kappa shape index (κ1) is 16.1. The zero-order valence-corrected chi connectivity index (χ0v) is 13.7. The maximum Gasteiger partial charge on any atom is 0.264 e. The zero-order valence-electron chi connectivity index (χ0n) is 11.3. The van der Waals surface area contributed by atoms with Crippen molar-refractivity contribution in [1.82, 2.24) is 9.36 Å². The molecule has 1 heterocycles. The first-order valence-corrected chi connectivity index (χ1v) is 8.46. The summed E-state index contributed by atoms with van der Waals surface area (Å²) in [6, 6.07) is 6.83. The summed E-state index contributed by atoms with van der Waals surface area (Å²) < 4.78 is 9.51. The summed E-state index contributed by atoms with van der Waals surface area (Å²) in [4.78, 5) is 16.0. The van der Waals surface area contributed by atoms with E-state index < -0.39 is 0 Å². The molecule has 0 unspecified atom stereocenters. The first-order valence-electron chi connectivity index (χ1n) is 6.32. The van der Waals surface area contributed by atoms with Crippen molar-refractivity contribution in [2.45, 2.75) is 18.5 Å². The van der Waals surface area contributed by atoms with Gasteiger partial charge in [0, 0.05) is 22.3 Å². The quantitative estimate of drug-likeness (QED) is 0.776. The van der Waals surface area contributed by atoms with Gasteiger partial charge >= 0.3 is 0 Å². The molecule has 8 heteroatoms. The zero-order chi connectivity index (χ0) is 15.1. The number of nitrogens with one attached hydrogen (secondary N) is 1. The van der Waals surface area contributed by atoms with Gasteiger partial charge in [-0.3, -0.25) is 10.1 Å². The fourth-order valence-corrected chi connectivity index (χ4v) is 2.89.